The summed E-state index contributed by atoms with van der Waals surface area (Å²) >= 11 is 1.46. The van der Waals surface area contributed by atoms with E-state index in [9.17, 15) is 5.11 Å². The number of hydrogen-bond acceptors (Lipinski definition) is 5. The average molecular weight is 221 g/mol. The molecule has 2 aromatic heterocycles. The largest absolute Gasteiger partial charge is 0.493 e. The molecule has 0 unspecified atom stereocenters. The zero-order valence-electron chi connectivity index (χ0n) is 8.56. The summed E-state index contributed by atoms with van der Waals surface area (Å²) in [6.45, 7) is 3.85. The van der Waals surface area contributed by atoms with Crippen molar-refractivity contribution in [2.75, 3.05) is 0 Å². The number of hydrogen-bond donors (Lipinski definition) is 1. The molecule has 0 aliphatic rings. The van der Waals surface area contributed by atoms with Gasteiger partial charge in [-0.25, -0.2) is 4.98 Å². The van der Waals surface area contributed by atoms with Gasteiger partial charge in [-0.1, -0.05) is 6.92 Å². The van der Waals surface area contributed by atoms with Gasteiger partial charge in [-0.15, -0.1) is 11.3 Å². The van der Waals surface area contributed by atoms with Crippen LogP contribution < -0.4 is 0 Å². The summed E-state index contributed by atoms with van der Waals surface area (Å²) in [5, 5.41) is 9.70. The highest BCUT2D eigenvalue weighted by atomic mass is 32.1. The van der Waals surface area contributed by atoms with Gasteiger partial charge < -0.3 is 5.11 Å². The summed E-state index contributed by atoms with van der Waals surface area (Å²) in [5.41, 5.74) is 3.36. The first-order valence-corrected chi connectivity index (χ1v) is 5.55. The Labute approximate surface area is 91.7 Å². The van der Waals surface area contributed by atoms with Crippen molar-refractivity contribution in [1.82, 2.24) is 15.0 Å². The van der Waals surface area contributed by atoms with E-state index in [0.717, 1.165) is 22.6 Å². The van der Waals surface area contributed by atoms with Crippen LogP contribution in [0.25, 0.3) is 10.7 Å². The van der Waals surface area contributed by atoms with Gasteiger partial charge in [-0.3, -0.25) is 4.98 Å². The molecule has 0 fully saturated rings. The van der Waals surface area contributed by atoms with Gasteiger partial charge in [0.25, 0.3) is 0 Å². The molecule has 4 nitrogen and oxygen atoms in total. The molecule has 0 radical (unpaired) electrons. The molecular weight excluding hydrogens is 210 g/mol. The van der Waals surface area contributed by atoms with E-state index in [2.05, 4.69) is 15.0 Å². The predicted molar refractivity (Wildman–Crippen MR) is 58.9 cm³/mol. The zero-order chi connectivity index (χ0) is 10.8. The third-order valence-electron chi connectivity index (χ3n) is 2.20. The third-order valence-corrected chi connectivity index (χ3v) is 2.97. The van der Waals surface area contributed by atoms with Crippen molar-refractivity contribution in [3.05, 3.63) is 23.0 Å². The van der Waals surface area contributed by atoms with Gasteiger partial charge in [-0.2, -0.15) is 4.98 Å². The topological polar surface area (TPSA) is 58.9 Å². The number of thiazole rings is 1. The van der Waals surface area contributed by atoms with Crippen LogP contribution in [0.2, 0.25) is 0 Å². The highest BCUT2D eigenvalue weighted by Crippen LogP contribution is 2.25. The Hall–Kier alpha value is -1.49. The van der Waals surface area contributed by atoms with Crippen LogP contribution in [0.5, 0.6) is 5.88 Å². The molecule has 2 aromatic rings. The summed E-state index contributed by atoms with van der Waals surface area (Å²) < 4.78 is 0. The lowest BCUT2D eigenvalue weighted by Crippen LogP contribution is -1.97. The SMILES string of the molecule is CCc1c(C)nc(-c2cncs2)nc1O. The number of aryl methyl sites for hydroxylation is 1. The van der Waals surface area contributed by atoms with E-state index in [4.69, 9.17) is 0 Å². The van der Waals surface area contributed by atoms with Gasteiger partial charge in [0.05, 0.1) is 10.4 Å². The summed E-state index contributed by atoms with van der Waals surface area (Å²) in [6.07, 6.45) is 2.44. The normalized spacial score (nSPS) is 10.5. The first-order chi connectivity index (χ1) is 7.22. The fourth-order valence-corrected chi connectivity index (χ4v) is 1.98. The highest BCUT2D eigenvalue weighted by Gasteiger charge is 2.11. The summed E-state index contributed by atoms with van der Waals surface area (Å²) in [7, 11) is 0. The van der Waals surface area contributed by atoms with E-state index in [1.807, 2.05) is 13.8 Å². The van der Waals surface area contributed by atoms with Gasteiger partial charge in [-0.05, 0) is 13.3 Å². The molecular formula is C10H11N3OS. The minimum absolute atomic E-state index is 0.0772. The minimum Gasteiger partial charge on any atom is -0.493 e. The fourth-order valence-electron chi connectivity index (χ4n) is 1.43. The second-order valence-corrected chi connectivity index (χ2v) is 4.04. The number of rotatable bonds is 2. The molecule has 0 amide bonds. The van der Waals surface area contributed by atoms with Crippen LogP contribution in [0.4, 0.5) is 0 Å². The highest BCUT2D eigenvalue weighted by molar-refractivity contribution is 7.13. The van der Waals surface area contributed by atoms with Crippen molar-refractivity contribution in [2.45, 2.75) is 20.3 Å². The van der Waals surface area contributed by atoms with Crippen LogP contribution >= 0.6 is 11.3 Å². The molecule has 15 heavy (non-hydrogen) atoms. The molecule has 0 saturated carbocycles. The lowest BCUT2D eigenvalue weighted by molar-refractivity contribution is 0.445. The first kappa shape index (κ1) is 10.0. The third kappa shape index (κ3) is 1.83. The Bertz CT molecular complexity index is 445. The molecule has 0 aliphatic heterocycles. The maximum Gasteiger partial charge on any atom is 0.217 e. The van der Waals surface area contributed by atoms with E-state index in [1.54, 1.807) is 11.7 Å². The van der Waals surface area contributed by atoms with Crippen LogP contribution in [0.3, 0.4) is 0 Å². The fraction of sp³-hybridized carbons (Fsp3) is 0.300. The summed E-state index contributed by atoms with van der Waals surface area (Å²) in [5.74, 6) is 0.623. The lowest BCUT2D eigenvalue weighted by Gasteiger charge is -2.05. The monoisotopic (exact) mass is 221 g/mol. The quantitative estimate of drug-likeness (QED) is 0.844. The Kier molecular flexibility index (Phi) is 2.64. The average Bonchev–Trinajstić information content (AvgIpc) is 2.69. The van der Waals surface area contributed by atoms with Crippen molar-refractivity contribution in [3.63, 3.8) is 0 Å². The molecule has 0 atom stereocenters. The van der Waals surface area contributed by atoms with Gasteiger partial charge in [0.1, 0.15) is 0 Å². The zero-order valence-corrected chi connectivity index (χ0v) is 9.38. The van der Waals surface area contributed by atoms with Crippen molar-refractivity contribution in [3.8, 4) is 16.6 Å². The number of nitrogens with zero attached hydrogens (tertiary/aromatic N) is 3. The van der Waals surface area contributed by atoms with Crippen molar-refractivity contribution < 1.29 is 5.11 Å². The minimum atomic E-state index is 0.0772. The van der Waals surface area contributed by atoms with Gasteiger partial charge in [0.2, 0.25) is 5.88 Å². The van der Waals surface area contributed by atoms with Crippen molar-refractivity contribution in [2.24, 2.45) is 0 Å². The molecule has 2 rings (SSSR count). The van der Waals surface area contributed by atoms with Crippen LogP contribution in [0.1, 0.15) is 18.2 Å². The lowest BCUT2D eigenvalue weighted by atomic mass is 10.2. The van der Waals surface area contributed by atoms with E-state index >= 15 is 0 Å². The van der Waals surface area contributed by atoms with E-state index in [-0.39, 0.29) is 5.88 Å². The molecule has 2 heterocycles. The Morgan fingerprint density at radius 1 is 1.40 bits per heavy atom. The van der Waals surface area contributed by atoms with Gasteiger partial charge >= 0.3 is 0 Å². The number of aromatic nitrogens is 3. The Morgan fingerprint density at radius 2 is 2.20 bits per heavy atom. The molecule has 0 spiro atoms. The van der Waals surface area contributed by atoms with Crippen molar-refractivity contribution in [1.29, 1.82) is 0 Å². The predicted octanol–water partition coefficient (Wildman–Crippen LogP) is 2.18. The Morgan fingerprint density at radius 3 is 2.73 bits per heavy atom. The molecule has 1 N–H and O–H groups in total. The molecule has 0 saturated heterocycles. The van der Waals surface area contributed by atoms with Crippen LogP contribution in [0.15, 0.2) is 11.7 Å². The molecule has 5 heteroatoms. The van der Waals surface area contributed by atoms with Crippen LogP contribution in [-0.4, -0.2) is 20.1 Å². The molecule has 0 aromatic carbocycles. The Balaban J connectivity index is 2.53. The second kappa shape index (κ2) is 3.94. The van der Waals surface area contributed by atoms with Crippen LogP contribution in [0, 0.1) is 6.92 Å². The van der Waals surface area contributed by atoms with Gasteiger partial charge in [0, 0.05) is 17.5 Å². The molecule has 0 bridgehead atoms. The molecule has 0 aliphatic carbocycles. The second-order valence-electron chi connectivity index (χ2n) is 3.15. The van der Waals surface area contributed by atoms with Crippen LogP contribution in [-0.2, 0) is 6.42 Å². The van der Waals surface area contributed by atoms with E-state index < -0.39 is 0 Å². The smallest absolute Gasteiger partial charge is 0.217 e. The van der Waals surface area contributed by atoms with E-state index in [1.165, 1.54) is 11.3 Å². The molecule has 78 valence electrons. The standard InChI is InChI=1S/C10H11N3OS/c1-3-7-6(2)12-9(13-10(7)14)8-4-11-5-15-8/h4-5H,3H2,1-2H3,(H,12,13,14). The van der Waals surface area contributed by atoms with E-state index in [0.29, 0.717) is 5.82 Å². The van der Waals surface area contributed by atoms with Crippen molar-refractivity contribution >= 4 is 11.3 Å². The number of aromatic hydroxyl groups is 1. The maximum absolute atomic E-state index is 9.70. The van der Waals surface area contributed by atoms with Gasteiger partial charge in [0.15, 0.2) is 5.82 Å². The first-order valence-electron chi connectivity index (χ1n) is 4.67. The summed E-state index contributed by atoms with van der Waals surface area (Å²) in [4.78, 5) is 13.2. The summed E-state index contributed by atoms with van der Waals surface area (Å²) in [6, 6.07) is 0. The maximum atomic E-state index is 9.70.